The fourth-order valence-electron chi connectivity index (χ4n) is 3.58. The summed E-state index contributed by atoms with van der Waals surface area (Å²) < 4.78 is 21.9. The Morgan fingerprint density at radius 3 is 2.50 bits per heavy atom. The molecule has 0 aromatic heterocycles. The number of ether oxygens (including phenoxy) is 4. The van der Waals surface area contributed by atoms with Gasteiger partial charge in [0.2, 0.25) is 6.29 Å². The normalized spacial score (nSPS) is 27.4. The lowest BCUT2D eigenvalue weighted by molar-refractivity contribution is -0.454. The van der Waals surface area contributed by atoms with Crippen molar-refractivity contribution in [1.29, 1.82) is 0 Å². The Bertz CT molecular complexity index is 787. The summed E-state index contributed by atoms with van der Waals surface area (Å²) in [4.78, 5) is 48.4. The lowest BCUT2D eigenvalue weighted by Gasteiger charge is -2.38. The van der Waals surface area contributed by atoms with Crippen molar-refractivity contribution in [3.63, 3.8) is 0 Å². The van der Waals surface area contributed by atoms with Gasteiger partial charge in [0.25, 0.3) is 0 Å². The molecule has 3 rings (SSSR count). The van der Waals surface area contributed by atoms with Crippen molar-refractivity contribution >= 4 is 17.9 Å². The van der Waals surface area contributed by atoms with Crippen LogP contribution >= 0.6 is 0 Å². The van der Waals surface area contributed by atoms with Crippen LogP contribution in [0.25, 0.3) is 0 Å². The molecule has 2 aliphatic rings. The molecule has 0 N–H and O–H groups in total. The first-order chi connectivity index (χ1) is 15.4. The zero-order valence-electron chi connectivity index (χ0n) is 18.4. The topological polar surface area (TPSA) is 110 Å². The van der Waals surface area contributed by atoms with E-state index < -0.39 is 48.6 Å². The zero-order chi connectivity index (χ0) is 23.1. The van der Waals surface area contributed by atoms with Crippen LogP contribution in [0.3, 0.4) is 0 Å². The quantitative estimate of drug-likeness (QED) is 0.315. The first kappa shape index (κ1) is 24.1. The molecule has 10 heteroatoms. The van der Waals surface area contributed by atoms with Gasteiger partial charge in [-0.05, 0) is 25.5 Å². The van der Waals surface area contributed by atoms with Gasteiger partial charge in [0.1, 0.15) is 18.1 Å². The molecule has 1 aromatic carbocycles. The van der Waals surface area contributed by atoms with Crippen molar-refractivity contribution in [3.05, 3.63) is 35.9 Å². The van der Waals surface area contributed by atoms with Crippen molar-refractivity contribution in [2.45, 2.75) is 64.8 Å². The lowest BCUT2D eigenvalue weighted by atomic mass is 9.92. The summed E-state index contributed by atoms with van der Waals surface area (Å²) in [6.45, 7) is 5.45. The van der Waals surface area contributed by atoms with E-state index in [9.17, 15) is 14.4 Å². The van der Waals surface area contributed by atoms with E-state index in [0.717, 1.165) is 18.1 Å². The molecule has 0 saturated carbocycles. The first-order valence-corrected chi connectivity index (χ1v) is 10.8. The fraction of sp³-hybridized carbons (Fsp3) is 0.591. The molecule has 0 bridgehead atoms. The van der Waals surface area contributed by atoms with Crippen LogP contribution in [0, 0.1) is 5.92 Å². The number of esters is 3. The first-order valence-electron chi connectivity index (χ1n) is 10.8. The minimum absolute atomic E-state index is 0.118. The second kappa shape index (κ2) is 11.4. The Morgan fingerprint density at radius 1 is 1.09 bits per heavy atom. The number of nitrogens with zero attached hydrogens (tertiary/aromatic N) is 1. The van der Waals surface area contributed by atoms with Crippen LogP contribution in [-0.4, -0.2) is 61.1 Å². The van der Waals surface area contributed by atoms with Gasteiger partial charge >= 0.3 is 17.9 Å². The Kier molecular flexibility index (Phi) is 8.57. The van der Waals surface area contributed by atoms with Crippen molar-refractivity contribution in [2.75, 3.05) is 13.2 Å². The molecule has 0 radical (unpaired) electrons. The monoisotopic (exact) mass is 451 g/mol. The highest BCUT2D eigenvalue weighted by atomic mass is 17.0. The highest BCUT2D eigenvalue weighted by Gasteiger charge is 2.59. The minimum Gasteiger partial charge on any atom is -0.466 e. The van der Waals surface area contributed by atoms with Crippen LogP contribution in [-0.2, 0) is 38.2 Å². The molecule has 176 valence electrons. The standard InChI is InChI=1S/C22H29NO9/c1-4-6-12-28-17-13-16(30-20(25)15-10-8-7-9-11-15)19-18(21(26)27-5-2)22(29-14(3)24)32-23(19)31-17/h7-11,16-19,22H,4-6,12-13H2,1-3H3/t16-,17-,18+,19-,22+/m1/s1. The maximum Gasteiger partial charge on any atom is 0.338 e. The highest BCUT2D eigenvalue weighted by Crippen LogP contribution is 2.39. The minimum atomic E-state index is -1.29. The molecule has 2 heterocycles. The molecule has 32 heavy (non-hydrogen) atoms. The van der Waals surface area contributed by atoms with Crippen molar-refractivity contribution < 1.29 is 43.0 Å². The molecule has 5 atom stereocenters. The van der Waals surface area contributed by atoms with E-state index in [1.165, 1.54) is 6.92 Å². The molecule has 10 nitrogen and oxygen atoms in total. The SMILES string of the molecule is CCCCO[C@H]1C[C@@H](OC(=O)c2ccccc2)[C@@H]2[C@@H](C(=O)OCC)[C@@H](OC(C)=O)ON2O1. The van der Waals surface area contributed by atoms with E-state index in [2.05, 4.69) is 0 Å². The van der Waals surface area contributed by atoms with Crippen LogP contribution in [0.15, 0.2) is 30.3 Å². The summed E-state index contributed by atoms with van der Waals surface area (Å²) in [7, 11) is 0. The molecule has 0 aliphatic carbocycles. The molecule has 2 aliphatic heterocycles. The third-order valence-electron chi connectivity index (χ3n) is 5.05. The number of benzene rings is 1. The van der Waals surface area contributed by atoms with E-state index in [1.807, 2.05) is 6.92 Å². The summed E-state index contributed by atoms with van der Waals surface area (Å²) in [6.07, 6.45) is -0.996. The van der Waals surface area contributed by atoms with E-state index in [4.69, 9.17) is 28.6 Å². The van der Waals surface area contributed by atoms with Gasteiger partial charge in [-0.2, -0.15) is 0 Å². The van der Waals surface area contributed by atoms with E-state index >= 15 is 0 Å². The van der Waals surface area contributed by atoms with Gasteiger partial charge in [0, 0.05) is 20.0 Å². The maximum absolute atomic E-state index is 12.8. The maximum atomic E-state index is 12.8. The molecular formula is C22H29NO9. The van der Waals surface area contributed by atoms with Crippen LogP contribution in [0.1, 0.15) is 50.4 Å². The van der Waals surface area contributed by atoms with Crippen LogP contribution in [0.4, 0.5) is 0 Å². The highest BCUT2D eigenvalue weighted by molar-refractivity contribution is 5.89. The third-order valence-corrected chi connectivity index (χ3v) is 5.05. The number of unbranched alkanes of at least 4 members (excludes halogenated alkanes) is 1. The second-order valence-electron chi connectivity index (χ2n) is 7.44. The van der Waals surface area contributed by atoms with Gasteiger partial charge in [-0.25, -0.2) is 14.5 Å². The van der Waals surface area contributed by atoms with Gasteiger partial charge in [-0.15, -0.1) is 0 Å². The van der Waals surface area contributed by atoms with E-state index in [0.29, 0.717) is 12.2 Å². The molecule has 0 spiro atoms. The fourth-order valence-corrected chi connectivity index (χ4v) is 3.58. The predicted octanol–water partition coefficient (Wildman–Crippen LogP) is 2.37. The number of hydrogen-bond donors (Lipinski definition) is 0. The number of hydroxylamine groups is 2. The second-order valence-corrected chi connectivity index (χ2v) is 7.44. The molecule has 0 amide bonds. The summed E-state index contributed by atoms with van der Waals surface area (Å²) in [5, 5.41) is 1.04. The number of fused-ring (bicyclic) bond motifs is 1. The zero-order valence-corrected chi connectivity index (χ0v) is 18.4. The molecule has 1 aromatic rings. The van der Waals surface area contributed by atoms with Gasteiger partial charge < -0.3 is 18.9 Å². The van der Waals surface area contributed by atoms with E-state index in [-0.39, 0.29) is 13.0 Å². The van der Waals surface area contributed by atoms with Gasteiger partial charge in [-0.1, -0.05) is 36.8 Å². The van der Waals surface area contributed by atoms with E-state index in [1.54, 1.807) is 37.3 Å². The smallest absolute Gasteiger partial charge is 0.338 e. The van der Waals surface area contributed by atoms with Gasteiger partial charge in [0.15, 0.2) is 6.29 Å². The Hall–Kier alpha value is -2.53. The van der Waals surface area contributed by atoms with Crippen molar-refractivity contribution in [3.8, 4) is 0 Å². The Morgan fingerprint density at radius 2 is 1.84 bits per heavy atom. The molecule has 2 fully saturated rings. The number of carbonyl (C=O) groups excluding carboxylic acids is 3. The van der Waals surface area contributed by atoms with Gasteiger partial charge in [-0.3, -0.25) is 9.59 Å². The summed E-state index contributed by atoms with van der Waals surface area (Å²) in [6, 6.07) is 7.60. The van der Waals surface area contributed by atoms with Crippen LogP contribution in [0.5, 0.6) is 0 Å². The predicted molar refractivity (Wildman–Crippen MR) is 108 cm³/mol. The Balaban J connectivity index is 1.85. The van der Waals surface area contributed by atoms with Crippen LogP contribution in [0.2, 0.25) is 0 Å². The average Bonchev–Trinajstić information content (AvgIpc) is 3.12. The van der Waals surface area contributed by atoms with Crippen molar-refractivity contribution in [2.24, 2.45) is 5.92 Å². The summed E-state index contributed by atoms with van der Waals surface area (Å²) in [5.41, 5.74) is 0.358. The number of hydrogen-bond acceptors (Lipinski definition) is 10. The Labute approximate surface area is 186 Å². The van der Waals surface area contributed by atoms with Gasteiger partial charge in [0.05, 0.1) is 12.2 Å². The largest absolute Gasteiger partial charge is 0.466 e. The third kappa shape index (κ3) is 5.83. The number of carbonyl (C=O) groups is 3. The average molecular weight is 451 g/mol. The summed E-state index contributed by atoms with van der Waals surface area (Å²) >= 11 is 0. The number of rotatable bonds is 9. The molecule has 2 saturated heterocycles. The molecular weight excluding hydrogens is 422 g/mol. The van der Waals surface area contributed by atoms with Crippen LogP contribution < -0.4 is 0 Å². The van der Waals surface area contributed by atoms with Crippen molar-refractivity contribution in [1.82, 2.24) is 5.23 Å². The lowest BCUT2D eigenvalue weighted by Crippen LogP contribution is -2.54. The molecule has 0 unspecified atom stereocenters. The summed E-state index contributed by atoms with van der Waals surface area (Å²) in [5.74, 6) is -2.94.